The molecule has 2 aromatic rings. The van der Waals surface area contributed by atoms with Crippen LogP contribution in [-0.4, -0.2) is 41.8 Å². The Bertz CT molecular complexity index is 817. The van der Waals surface area contributed by atoms with Gasteiger partial charge >= 0.3 is 6.03 Å². The Balaban J connectivity index is 1.65. The highest BCUT2D eigenvalue weighted by Crippen LogP contribution is 2.24. The van der Waals surface area contributed by atoms with Gasteiger partial charge in [0.2, 0.25) is 0 Å². The number of nitrogens with one attached hydrogen (secondary N) is 1. The summed E-state index contributed by atoms with van der Waals surface area (Å²) < 4.78 is 5.13. The zero-order valence-electron chi connectivity index (χ0n) is 14.7. The van der Waals surface area contributed by atoms with Crippen LogP contribution in [0, 0.1) is 0 Å². The Morgan fingerprint density at radius 3 is 2.58 bits per heavy atom. The van der Waals surface area contributed by atoms with Gasteiger partial charge in [-0.05, 0) is 48.9 Å². The molecular weight excluding hydrogens is 352 g/mol. The minimum absolute atomic E-state index is 0.233. The van der Waals surface area contributed by atoms with Gasteiger partial charge in [0.25, 0.3) is 5.91 Å². The van der Waals surface area contributed by atoms with Gasteiger partial charge in [0.15, 0.2) is 5.78 Å². The van der Waals surface area contributed by atoms with E-state index in [9.17, 15) is 14.4 Å². The largest absolute Gasteiger partial charge is 0.497 e. The molecule has 7 heteroatoms. The molecule has 3 amide bonds. The van der Waals surface area contributed by atoms with E-state index in [-0.39, 0.29) is 18.2 Å². The lowest BCUT2D eigenvalue weighted by Gasteiger charge is -2.21. The number of carbonyl (C=O) groups is 3. The van der Waals surface area contributed by atoms with Crippen LogP contribution in [0.3, 0.4) is 0 Å². The van der Waals surface area contributed by atoms with Crippen molar-refractivity contribution in [2.24, 2.45) is 0 Å². The van der Waals surface area contributed by atoms with E-state index in [2.05, 4.69) is 5.32 Å². The summed E-state index contributed by atoms with van der Waals surface area (Å²) in [5.41, 5.74) is 0.0365. The maximum absolute atomic E-state index is 12.7. The van der Waals surface area contributed by atoms with Crippen LogP contribution in [0.15, 0.2) is 41.8 Å². The number of hydrogen-bond donors (Lipinski definition) is 1. The third kappa shape index (κ3) is 3.62. The molecule has 0 radical (unpaired) electrons. The van der Waals surface area contributed by atoms with Crippen LogP contribution in [0.5, 0.6) is 5.75 Å². The SMILES string of the molecule is COc1ccc(CC[C@@]2(C)NC(=O)N(CC(=O)c3cccs3)C2=O)cc1. The Morgan fingerprint density at radius 1 is 1.23 bits per heavy atom. The van der Waals surface area contributed by atoms with Crippen LogP contribution in [0.1, 0.15) is 28.6 Å². The number of carbonyl (C=O) groups excluding carboxylic acids is 3. The molecule has 2 heterocycles. The molecule has 1 aromatic carbocycles. The number of ketones is 1. The molecule has 6 nitrogen and oxygen atoms in total. The molecule has 0 unspecified atom stereocenters. The van der Waals surface area contributed by atoms with Crippen molar-refractivity contribution >= 4 is 29.1 Å². The van der Waals surface area contributed by atoms with Gasteiger partial charge in [-0.3, -0.25) is 14.5 Å². The fourth-order valence-electron chi connectivity index (χ4n) is 2.91. The van der Waals surface area contributed by atoms with Crippen molar-refractivity contribution in [2.45, 2.75) is 25.3 Å². The zero-order valence-corrected chi connectivity index (χ0v) is 15.5. The summed E-state index contributed by atoms with van der Waals surface area (Å²) >= 11 is 1.30. The Kier molecular flexibility index (Phi) is 5.08. The topological polar surface area (TPSA) is 75.7 Å². The minimum atomic E-state index is -1.01. The lowest BCUT2D eigenvalue weighted by atomic mass is 9.93. The number of hydrogen-bond acceptors (Lipinski definition) is 5. The van der Waals surface area contributed by atoms with Crippen molar-refractivity contribution in [1.82, 2.24) is 10.2 Å². The monoisotopic (exact) mass is 372 g/mol. The molecule has 136 valence electrons. The Labute approximate surface area is 155 Å². The number of rotatable bonds is 7. The molecular formula is C19H20N2O4S. The van der Waals surface area contributed by atoms with E-state index in [4.69, 9.17) is 4.74 Å². The lowest BCUT2D eigenvalue weighted by molar-refractivity contribution is -0.130. The van der Waals surface area contributed by atoms with Gasteiger partial charge in [-0.2, -0.15) is 0 Å². The average molecular weight is 372 g/mol. The fraction of sp³-hybridized carbons (Fsp3) is 0.316. The highest BCUT2D eigenvalue weighted by atomic mass is 32.1. The van der Waals surface area contributed by atoms with E-state index < -0.39 is 11.6 Å². The van der Waals surface area contributed by atoms with Crippen LogP contribution in [0.25, 0.3) is 0 Å². The van der Waals surface area contributed by atoms with Gasteiger partial charge in [-0.25, -0.2) is 4.79 Å². The maximum atomic E-state index is 12.7. The van der Waals surface area contributed by atoms with Crippen LogP contribution in [0.4, 0.5) is 4.79 Å². The van der Waals surface area contributed by atoms with E-state index >= 15 is 0 Å². The van der Waals surface area contributed by atoms with Gasteiger partial charge in [0.1, 0.15) is 11.3 Å². The van der Waals surface area contributed by atoms with Crippen LogP contribution in [-0.2, 0) is 11.2 Å². The van der Waals surface area contributed by atoms with E-state index in [0.717, 1.165) is 16.2 Å². The van der Waals surface area contributed by atoms with E-state index in [1.54, 1.807) is 31.5 Å². The number of imide groups is 1. The lowest BCUT2D eigenvalue weighted by Crippen LogP contribution is -2.44. The smallest absolute Gasteiger partial charge is 0.325 e. The van der Waals surface area contributed by atoms with Crippen molar-refractivity contribution in [3.63, 3.8) is 0 Å². The molecule has 26 heavy (non-hydrogen) atoms. The summed E-state index contributed by atoms with van der Waals surface area (Å²) in [5, 5.41) is 4.53. The molecule has 1 aliphatic heterocycles. The number of amides is 3. The first-order valence-electron chi connectivity index (χ1n) is 8.27. The number of methoxy groups -OCH3 is 1. The first-order chi connectivity index (χ1) is 12.4. The molecule has 1 aliphatic rings. The molecule has 3 rings (SSSR count). The molecule has 1 aromatic heterocycles. The second-order valence-corrected chi connectivity index (χ2v) is 7.35. The quantitative estimate of drug-likeness (QED) is 0.599. The molecule has 1 atom stereocenters. The summed E-state index contributed by atoms with van der Waals surface area (Å²) in [5.74, 6) is 0.173. The van der Waals surface area contributed by atoms with Crippen molar-refractivity contribution in [2.75, 3.05) is 13.7 Å². The number of Topliss-reactive ketones (excluding diaryl/α,β-unsaturated/α-hetero) is 1. The highest BCUT2D eigenvalue weighted by Gasteiger charge is 2.47. The predicted molar refractivity (Wildman–Crippen MR) is 98.6 cm³/mol. The number of benzene rings is 1. The van der Waals surface area contributed by atoms with E-state index in [0.29, 0.717) is 17.7 Å². The average Bonchev–Trinajstić information content (AvgIpc) is 3.24. The third-order valence-corrected chi connectivity index (χ3v) is 5.43. The molecule has 0 bridgehead atoms. The summed E-state index contributed by atoms with van der Waals surface area (Å²) in [7, 11) is 1.61. The first kappa shape index (κ1) is 18.1. The van der Waals surface area contributed by atoms with Crippen molar-refractivity contribution in [3.8, 4) is 5.75 Å². The standard InChI is InChI=1S/C19H20N2O4S/c1-19(10-9-13-5-7-14(25-2)8-6-13)17(23)21(18(24)20-19)12-15(22)16-4-3-11-26-16/h3-8,11H,9-10,12H2,1-2H3,(H,20,24)/t19-/m1/s1. The summed E-state index contributed by atoms with van der Waals surface area (Å²) in [6, 6.07) is 10.5. The fourth-order valence-corrected chi connectivity index (χ4v) is 3.56. The summed E-state index contributed by atoms with van der Waals surface area (Å²) in [6.45, 7) is 1.47. The molecule has 1 N–H and O–H groups in total. The first-order valence-corrected chi connectivity index (χ1v) is 9.15. The molecule has 1 saturated heterocycles. The second-order valence-electron chi connectivity index (χ2n) is 6.40. The molecule has 1 fully saturated rings. The van der Waals surface area contributed by atoms with E-state index in [1.165, 1.54) is 11.3 Å². The number of thiophene rings is 1. The number of aryl methyl sites for hydroxylation is 1. The zero-order chi connectivity index (χ0) is 18.7. The number of urea groups is 1. The van der Waals surface area contributed by atoms with Gasteiger partial charge in [0.05, 0.1) is 18.5 Å². The van der Waals surface area contributed by atoms with Crippen LogP contribution < -0.4 is 10.1 Å². The molecule has 0 aliphatic carbocycles. The van der Waals surface area contributed by atoms with Gasteiger partial charge < -0.3 is 10.1 Å². The maximum Gasteiger partial charge on any atom is 0.325 e. The summed E-state index contributed by atoms with van der Waals surface area (Å²) in [6.07, 6.45) is 1.08. The van der Waals surface area contributed by atoms with Crippen molar-refractivity contribution in [1.29, 1.82) is 0 Å². The van der Waals surface area contributed by atoms with Gasteiger partial charge in [-0.1, -0.05) is 18.2 Å². The minimum Gasteiger partial charge on any atom is -0.497 e. The Hall–Kier alpha value is -2.67. The van der Waals surface area contributed by atoms with Gasteiger partial charge in [0, 0.05) is 0 Å². The van der Waals surface area contributed by atoms with Crippen molar-refractivity contribution in [3.05, 3.63) is 52.2 Å². The van der Waals surface area contributed by atoms with Crippen molar-refractivity contribution < 1.29 is 19.1 Å². The predicted octanol–water partition coefficient (Wildman–Crippen LogP) is 2.88. The van der Waals surface area contributed by atoms with Crippen LogP contribution in [0.2, 0.25) is 0 Å². The molecule has 0 saturated carbocycles. The van der Waals surface area contributed by atoms with Gasteiger partial charge in [-0.15, -0.1) is 11.3 Å². The molecule has 0 spiro atoms. The summed E-state index contributed by atoms with van der Waals surface area (Å²) in [4.78, 5) is 38.7. The second kappa shape index (κ2) is 7.29. The number of ether oxygens (including phenoxy) is 1. The normalized spacial score (nSPS) is 19.5. The Morgan fingerprint density at radius 2 is 1.96 bits per heavy atom. The third-order valence-electron chi connectivity index (χ3n) is 4.52. The van der Waals surface area contributed by atoms with E-state index in [1.807, 2.05) is 24.3 Å². The van der Waals surface area contributed by atoms with Crippen LogP contribution >= 0.6 is 11.3 Å². The number of nitrogens with zero attached hydrogens (tertiary/aromatic N) is 1. The highest BCUT2D eigenvalue weighted by molar-refractivity contribution is 7.12.